The van der Waals surface area contributed by atoms with Gasteiger partial charge in [-0.15, -0.1) is 5.23 Å². The lowest BCUT2D eigenvalue weighted by Crippen LogP contribution is -2.25. The maximum atomic E-state index is 11.6. The van der Waals surface area contributed by atoms with Gasteiger partial charge in [-0.3, -0.25) is 0 Å². The van der Waals surface area contributed by atoms with Gasteiger partial charge >= 0.3 is 5.97 Å². The molecule has 5 nitrogen and oxygen atoms in total. The number of rotatable bonds is 9. The lowest BCUT2D eigenvalue weighted by molar-refractivity contribution is -0.0893. The third-order valence-corrected chi connectivity index (χ3v) is 2.41. The van der Waals surface area contributed by atoms with E-state index in [2.05, 4.69) is 0 Å². The predicted octanol–water partition coefficient (Wildman–Crippen LogP) is 3.35. The molecule has 0 aliphatic heterocycles. The van der Waals surface area contributed by atoms with Crippen LogP contribution in [-0.2, 0) is 14.4 Å². The predicted molar refractivity (Wildman–Crippen MR) is 77.4 cm³/mol. The number of carbonyl (C=O) groups is 1. The van der Waals surface area contributed by atoms with E-state index in [1.165, 1.54) is 5.23 Å². The van der Waals surface area contributed by atoms with Gasteiger partial charge in [0.15, 0.2) is 0 Å². The number of esters is 1. The summed E-state index contributed by atoms with van der Waals surface area (Å²) in [6.07, 6.45) is 1.79. The van der Waals surface area contributed by atoms with Crippen LogP contribution in [0.3, 0.4) is 0 Å². The van der Waals surface area contributed by atoms with Crippen LogP contribution in [0.5, 0.6) is 0 Å². The summed E-state index contributed by atoms with van der Waals surface area (Å²) in [7, 11) is 0. The maximum Gasteiger partial charge on any atom is 0.338 e. The van der Waals surface area contributed by atoms with Crippen LogP contribution >= 0.6 is 0 Å². The highest BCUT2D eigenvalue weighted by molar-refractivity contribution is 5.89. The highest BCUT2D eigenvalue weighted by atomic mass is 16.9. The molecule has 0 aliphatic rings. The lowest BCUT2D eigenvalue weighted by atomic mass is 10.2. The molecule has 0 saturated carbocycles. The summed E-state index contributed by atoms with van der Waals surface area (Å²) in [5.74, 6) is -0.324. The van der Waals surface area contributed by atoms with Crippen LogP contribution in [0.4, 0.5) is 5.69 Å². The number of nitrogens with zero attached hydrogens (tertiary/aromatic N) is 1. The third kappa shape index (κ3) is 5.19. The van der Waals surface area contributed by atoms with Gasteiger partial charge < -0.3 is 4.74 Å². The Morgan fingerprint density at radius 2 is 1.55 bits per heavy atom. The average molecular weight is 281 g/mol. The van der Waals surface area contributed by atoms with Crippen molar-refractivity contribution in [2.45, 2.75) is 33.6 Å². The van der Waals surface area contributed by atoms with Gasteiger partial charge in [-0.25, -0.2) is 14.5 Å². The molecule has 1 aromatic rings. The molecule has 1 rings (SSSR count). The number of carbonyl (C=O) groups excluding carboxylic acids is 1. The Kier molecular flexibility index (Phi) is 7.69. The summed E-state index contributed by atoms with van der Waals surface area (Å²) in [6.45, 7) is 7.35. The Labute approximate surface area is 120 Å². The van der Waals surface area contributed by atoms with E-state index in [1.807, 2.05) is 13.8 Å². The highest BCUT2D eigenvalue weighted by Crippen LogP contribution is 2.17. The van der Waals surface area contributed by atoms with Crippen LogP contribution in [0, 0.1) is 0 Å². The van der Waals surface area contributed by atoms with Gasteiger partial charge in [0.2, 0.25) is 0 Å². The van der Waals surface area contributed by atoms with Gasteiger partial charge in [0.1, 0.15) is 0 Å². The van der Waals surface area contributed by atoms with Gasteiger partial charge in [0, 0.05) is 0 Å². The van der Waals surface area contributed by atoms with Crippen molar-refractivity contribution in [2.75, 3.05) is 25.0 Å². The Morgan fingerprint density at radius 3 is 2.00 bits per heavy atom. The molecule has 0 spiro atoms. The first-order valence-corrected chi connectivity index (χ1v) is 7.06. The molecule has 0 aliphatic carbocycles. The van der Waals surface area contributed by atoms with Crippen molar-refractivity contribution in [1.29, 1.82) is 0 Å². The smallest absolute Gasteiger partial charge is 0.338 e. The SMILES string of the molecule is CCCON(OCCC)c1ccc(C(=O)OCC)cc1. The van der Waals surface area contributed by atoms with E-state index < -0.39 is 0 Å². The second-order valence-electron chi connectivity index (χ2n) is 4.19. The van der Waals surface area contributed by atoms with Crippen molar-refractivity contribution in [1.82, 2.24) is 0 Å². The van der Waals surface area contributed by atoms with Gasteiger partial charge in [-0.2, -0.15) is 0 Å². The minimum atomic E-state index is -0.324. The molecule has 0 aromatic heterocycles. The van der Waals surface area contributed by atoms with E-state index in [9.17, 15) is 4.79 Å². The van der Waals surface area contributed by atoms with E-state index in [-0.39, 0.29) is 5.97 Å². The topological polar surface area (TPSA) is 48.0 Å². The Hall–Kier alpha value is -1.59. The zero-order valence-electron chi connectivity index (χ0n) is 12.4. The lowest BCUT2D eigenvalue weighted by Gasteiger charge is -2.22. The molecule has 0 unspecified atom stereocenters. The molecule has 0 bridgehead atoms. The molecule has 0 heterocycles. The van der Waals surface area contributed by atoms with Gasteiger partial charge in [0.25, 0.3) is 0 Å². The molecule has 0 atom stereocenters. The fourth-order valence-electron chi connectivity index (χ4n) is 1.47. The summed E-state index contributed by atoms with van der Waals surface area (Å²) in [6, 6.07) is 6.95. The zero-order chi connectivity index (χ0) is 14.8. The van der Waals surface area contributed by atoms with Gasteiger partial charge in [0.05, 0.1) is 31.1 Å². The van der Waals surface area contributed by atoms with Crippen LogP contribution in [-0.4, -0.2) is 25.8 Å². The zero-order valence-corrected chi connectivity index (χ0v) is 12.4. The number of benzene rings is 1. The van der Waals surface area contributed by atoms with Crippen LogP contribution < -0.4 is 5.23 Å². The second-order valence-corrected chi connectivity index (χ2v) is 4.19. The Balaban J connectivity index is 2.72. The van der Waals surface area contributed by atoms with Crippen molar-refractivity contribution in [2.24, 2.45) is 0 Å². The summed E-state index contributed by atoms with van der Waals surface area (Å²) >= 11 is 0. The van der Waals surface area contributed by atoms with Crippen molar-refractivity contribution >= 4 is 11.7 Å². The Bertz CT molecular complexity index is 383. The second kappa shape index (κ2) is 9.34. The first-order valence-electron chi connectivity index (χ1n) is 7.06. The quantitative estimate of drug-likeness (QED) is 0.513. The van der Waals surface area contributed by atoms with Crippen molar-refractivity contribution in [3.8, 4) is 0 Å². The van der Waals surface area contributed by atoms with Crippen LogP contribution in [0.15, 0.2) is 24.3 Å². The summed E-state index contributed by atoms with van der Waals surface area (Å²) in [4.78, 5) is 22.6. The third-order valence-electron chi connectivity index (χ3n) is 2.41. The molecule has 0 radical (unpaired) electrons. The molecule has 0 N–H and O–H groups in total. The highest BCUT2D eigenvalue weighted by Gasteiger charge is 2.10. The van der Waals surface area contributed by atoms with E-state index in [4.69, 9.17) is 14.4 Å². The molecule has 0 amide bonds. The van der Waals surface area contributed by atoms with E-state index in [0.717, 1.165) is 18.5 Å². The summed E-state index contributed by atoms with van der Waals surface area (Å²) in [5.41, 5.74) is 1.27. The standard InChI is InChI=1S/C15H23NO4/c1-4-11-19-16(20-12-5-2)14-9-7-13(8-10-14)15(17)18-6-3/h7-10H,4-6,11-12H2,1-3H3. The minimum absolute atomic E-state index is 0.324. The molecule has 0 fully saturated rings. The van der Waals surface area contributed by atoms with Crippen LogP contribution in [0.25, 0.3) is 0 Å². The molecule has 0 saturated heterocycles. The molecule has 20 heavy (non-hydrogen) atoms. The number of anilines is 1. The molecular weight excluding hydrogens is 258 g/mol. The Morgan fingerprint density at radius 1 is 1.00 bits per heavy atom. The summed E-state index contributed by atoms with van der Waals surface area (Å²) < 4.78 is 4.94. The normalized spacial score (nSPS) is 10.3. The fourth-order valence-corrected chi connectivity index (χ4v) is 1.47. The maximum absolute atomic E-state index is 11.6. The molecule has 1 aromatic carbocycles. The van der Waals surface area contributed by atoms with Crippen molar-refractivity contribution < 1.29 is 19.2 Å². The first-order chi connectivity index (χ1) is 9.72. The number of hydrogen-bond donors (Lipinski definition) is 0. The molecular formula is C15H23NO4. The largest absolute Gasteiger partial charge is 0.462 e. The van der Waals surface area contributed by atoms with E-state index >= 15 is 0 Å². The number of ether oxygens (including phenoxy) is 1. The monoisotopic (exact) mass is 281 g/mol. The van der Waals surface area contributed by atoms with E-state index in [0.29, 0.717) is 25.4 Å². The van der Waals surface area contributed by atoms with E-state index in [1.54, 1.807) is 31.2 Å². The summed E-state index contributed by atoms with van der Waals surface area (Å²) in [5, 5.41) is 1.40. The number of hydrogen-bond acceptors (Lipinski definition) is 5. The first kappa shape index (κ1) is 16.5. The molecule has 112 valence electrons. The van der Waals surface area contributed by atoms with Crippen LogP contribution in [0.1, 0.15) is 44.0 Å². The molecule has 5 heteroatoms. The van der Waals surface area contributed by atoms with Crippen molar-refractivity contribution in [3.05, 3.63) is 29.8 Å². The fraction of sp³-hybridized carbons (Fsp3) is 0.533. The van der Waals surface area contributed by atoms with Crippen molar-refractivity contribution in [3.63, 3.8) is 0 Å². The van der Waals surface area contributed by atoms with Gasteiger partial charge in [-0.1, -0.05) is 13.8 Å². The van der Waals surface area contributed by atoms with Gasteiger partial charge in [-0.05, 0) is 44.0 Å². The van der Waals surface area contributed by atoms with Crippen LogP contribution in [0.2, 0.25) is 0 Å². The average Bonchev–Trinajstić information content (AvgIpc) is 2.48. The minimum Gasteiger partial charge on any atom is -0.462 e.